The molecule has 0 rings (SSSR count). The van der Waals surface area contributed by atoms with E-state index in [9.17, 15) is 9.59 Å². The summed E-state index contributed by atoms with van der Waals surface area (Å²) in [5.74, 6) is -0.804. The summed E-state index contributed by atoms with van der Waals surface area (Å²) in [6.45, 7) is 4.11. The lowest BCUT2D eigenvalue weighted by Crippen LogP contribution is -2.29. The third-order valence-electron chi connectivity index (χ3n) is 1.50. The van der Waals surface area contributed by atoms with Crippen molar-refractivity contribution in [2.24, 2.45) is 5.92 Å². The lowest BCUT2D eigenvalue weighted by atomic mass is 10.1. The zero-order valence-electron chi connectivity index (χ0n) is 8.58. The van der Waals surface area contributed by atoms with E-state index in [1.165, 1.54) is 0 Å². The van der Waals surface area contributed by atoms with E-state index in [0.29, 0.717) is 12.5 Å². The molecule has 0 aliphatic rings. The molecule has 82 valence electrons. The van der Waals surface area contributed by atoms with Crippen LogP contribution in [0.1, 0.15) is 20.3 Å². The molecule has 5 heteroatoms. The monoisotopic (exact) mass is 203 g/mol. The van der Waals surface area contributed by atoms with Crippen LogP contribution >= 0.6 is 0 Å². The van der Waals surface area contributed by atoms with Crippen LogP contribution in [-0.4, -0.2) is 36.7 Å². The number of ether oxygens (including phenoxy) is 1. The third kappa shape index (κ3) is 8.99. The van der Waals surface area contributed by atoms with Crippen molar-refractivity contribution in [3.05, 3.63) is 0 Å². The van der Waals surface area contributed by atoms with E-state index in [1.54, 1.807) is 0 Å². The zero-order valence-corrected chi connectivity index (χ0v) is 8.58. The van der Waals surface area contributed by atoms with Gasteiger partial charge < -0.3 is 15.2 Å². The van der Waals surface area contributed by atoms with Crippen LogP contribution in [0.15, 0.2) is 0 Å². The molecule has 0 atom stereocenters. The molecule has 0 aromatic heterocycles. The molecule has 0 saturated heterocycles. The highest BCUT2D eigenvalue weighted by atomic mass is 16.5. The highest BCUT2D eigenvalue weighted by Crippen LogP contribution is 1.95. The molecule has 5 nitrogen and oxygen atoms in total. The Bertz CT molecular complexity index is 191. The summed E-state index contributed by atoms with van der Waals surface area (Å²) in [5, 5.41) is 10.8. The minimum Gasteiger partial charge on any atom is -0.480 e. The maximum atomic E-state index is 11.0. The molecule has 0 aliphatic carbocycles. The molecular weight excluding hydrogens is 186 g/mol. The molecule has 0 unspecified atom stereocenters. The lowest BCUT2D eigenvalue weighted by molar-refractivity contribution is -0.143. The van der Waals surface area contributed by atoms with Gasteiger partial charge >= 0.3 is 5.97 Å². The largest absolute Gasteiger partial charge is 0.480 e. The lowest BCUT2D eigenvalue weighted by Gasteiger charge is -2.06. The topological polar surface area (TPSA) is 75.6 Å². The summed E-state index contributed by atoms with van der Waals surface area (Å²) >= 11 is 0. The molecule has 0 radical (unpaired) electrons. The molecule has 0 fully saturated rings. The van der Waals surface area contributed by atoms with Gasteiger partial charge in [0, 0.05) is 6.54 Å². The first-order chi connectivity index (χ1) is 6.52. The summed E-state index contributed by atoms with van der Waals surface area (Å²) in [6, 6.07) is 0. The Morgan fingerprint density at radius 3 is 2.50 bits per heavy atom. The minimum atomic E-state index is -1.07. The van der Waals surface area contributed by atoms with Crippen molar-refractivity contribution in [2.75, 3.05) is 19.8 Å². The first-order valence-electron chi connectivity index (χ1n) is 4.58. The molecule has 0 heterocycles. The van der Waals surface area contributed by atoms with Crippen molar-refractivity contribution in [1.29, 1.82) is 0 Å². The van der Waals surface area contributed by atoms with E-state index < -0.39 is 12.6 Å². The van der Waals surface area contributed by atoms with Gasteiger partial charge in [-0.1, -0.05) is 13.8 Å². The highest BCUT2D eigenvalue weighted by molar-refractivity contribution is 5.77. The predicted molar refractivity (Wildman–Crippen MR) is 50.9 cm³/mol. The first-order valence-corrected chi connectivity index (χ1v) is 4.58. The quantitative estimate of drug-likeness (QED) is 0.622. The maximum absolute atomic E-state index is 11.0. The molecule has 2 N–H and O–H groups in total. The molecule has 1 amide bonds. The zero-order chi connectivity index (χ0) is 11.0. The first kappa shape index (κ1) is 12.9. The van der Waals surface area contributed by atoms with E-state index in [4.69, 9.17) is 5.11 Å². The average molecular weight is 203 g/mol. The van der Waals surface area contributed by atoms with Gasteiger partial charge in [0.25, 0.3) is 0 Å². The molecule has 0 aromatic rings. The fourth-order valence-electron chi connectivity index (χ4n) is 0.782. The Kier molecular flexibility index (Phi) is 6.74. The van der Waals surface area contributed by atoms with Crippen LogP contribution in [0.5, 0.6) is 0 Å². The predicted octanol–water partition coefficient (Wildman–Crippen LogP) is 0.250. The fraction of sp³-hybridized carbons (Fsp3) is 0.778. The number of carboxylic acids is 1. The normalized spacial score (nSPS) is 10.2. The smallest absolute Gasteiger partial charge is 0.329 e. The van der Waals surface area contributed by atoms with Crippen LogP contribution in [0.4, 0.5) is 0 Å². The van der Waals surface area contributed by atoms with Crippen LogP contribution in [0.2, 0.25) is 0 Å². The Morgan fingerprint density at radius 2 is 2.00 bits per heavy atom. The van der Waals surface area contributed by atoms with Gasteiger partial charge in [-0.15, -0.1) is 0 Å². The number of rotatable bonds is 7. The summed E-state index contributed by atoms with van der Waals surface area (Å²) < 4.78 is 4.60. The van der Waals surface area contributed by atoms with Gasteiger partial charge in [-0.3, -0.25) is 4.79 Å². The number of amides is 1. The SMILES string of the molecule is CC(C)CCNC(=O)COCC(=O)O. The number of nitrogens with one attached hydrogen (secondary N) is 1. The Hall–Kier alpha value is -1.10. The molecule has 0 bridgehead atoms. The van der Waals surface area contributed by atoms with E-state index in [2.05, 4.69) is 23.9 Å². The van der Waals surface area contributed by atoms with Gasteiger partial charge in [0.1, 0.15) is 13.2 Å². The van der Waals surface area contributed by atoms with Gasteiger partial charge in [-0.25, -0.2) is 4.79 Å². The van der Waals surface area contributed by atoms with Crippen LogP contribution < -0.4 is 5.32 Å². The van der Waals surface area contributed by atoms with E-state index in [-0.39, 0.29) is 12.5 Å². The minimum absolute atomic E-state index is 0.190. The Balaban J connectivity index is 3.33. The van der Waals surface area contributed by atoms with Crippen molar-refractivity contribution < 1.29 is 19.4 Å². The van der Waals surface area contributed by atoms with Gasteiger partial charge in [0.2, 0.25) is 5.91 Å². The van der Waals surface area contributed by atoms with Gasteiger partial charge in [-0.05, 0) is 12.3 Å². The molecule has 14 heavy (non-hydrogen) atoms. The molecule has 0 saturated carbocycles. The van der Waals surface area contributed by atoms with Crippen LogP contribution in [-0.2, 0) is 14.3 Å². The molecular formula is C9H17NO4. The molecule has 0 spiro atoms. The third-order valence-corrected chi connectivity index (χ3v) is 1.50. The van der Waals surface area contributed by atoms with Crippen molar-refractivity contribution in [3.8, 4) is 0 Å². The van der Waals surface area contributed by atoms with Crippen molar-refractivity contribution >= 4 is 11.9 Å². The molecule has 0 aliphatic heterocycles. The van der Waals surface area contributed by atoms with E-state index in [0.717, 1.165) is 6.42 Å². The van der Waals surface area contributed by atoms with Crippen LogP contribution in [0.25, 0.3) is 0 Å². The van der Waals surface area contributed by atoms with Gasteiger partial charge in [-0.2, -0.15) is 0 Å². The highest BCUT2D eigenvalue weighted by Gasteiger charge is 2.03. The number of aliphatic carboxylic acids is 1. The summed E-state index contributed by atoms with van der Waals surface area (Å²) in [6.07, 6.45) is 0.907. The second-order valence-corrected chi connectivity index (χ2v) is 3.42. The van der Waals surface area contributed by atoms with Crippen molar-refractivity contribution in [2.45, 2.75) is 20.3 Å². The standard InChI is InChI=1S/C9H17NO4/c1-7(2)3-4-10-8(11)5-14-6-9(12)13/h7H,3-6H2,1-2H3,(H,10,11)(H,12,13). The van der Waals surface area contributed by atoms with Crippen LogP contribution in [0.3, 0.4) is 0 Å². The second kappa shape index (κ2) is 7.32. The van der Waals surface area contributed by atoms with Crippen molar-refractivity contribution in [1.82, 2.24) is 5.32 Å². The van der Waals surface area contributed by atoms with Crippen molar-refractivity contribution in [3.63, 3.8) is 0 Å². The van der Waals surface area contributed by atoms with E-state index >= 15 is 0 Å². The molecule has 0 aromatic carbocycles. The maximum Gasteiger partial charge on any atom is 0.329 e. The number of hydrogen-bond acceptors (Lipinski definition) is 3. The number of carboxylic acid groups (broad SMARTS) is 1. The summed E-state index contributed by atoms with van der Waals surface area (Å²) in [7, 11) is 0. The van der Waals surface area contributed by atoms with Gasteiger partial charge in [0.15, 0.2) is 0 Å². The summed E-state index contributed by atoms with van der Waals surface area (Å²) in [4.78, 5) is 21.0. The summed E-state index contributed by atoms with van der Waals surface area (Å²) in [5.41, 5.74) is 0. The Morgan fingerprint density at radius 1 is 1.36 bits per heavy atom. The number of carbonyl (C=O) groups is 2. The fourth-order valence-corrected chi connectivity index (χ4v) is 0.782. The average Bonchev–Trinajstić information content (AvgIpc) is 2.02. The van der Waals surface area contributed by atoms with Crippen LogP contribution in [0, 0.1) is 5.92 Å². The number of carbonyl (C=O) groups excluding carboxylic acids is 1. The number of hydrogen-bond donors (Lipinski definition) is 2. The second-order valence-electron chi connectivity index (χ2n) is 3.42. The van der Waals surface area contributed by atoms with E-state index in [1.807, 2.05) is 0 Å². The van der Waals surface area contributed by atoms with Gasteiger partial charge in [0.05, 0.1) is 0 Å². The Labute approximate surface area is 83.4 Å².